The van der Waals surface area contributed by atoms with Crippen LogP contribution >= 0.6 is 0 Å². The molecule has 0 heterocycles. The maximum atomic E-state index is 12.9. The predicted octanol–water partition coefficient (Wildman–Crippen LogP) is 1.93. The van der Waals surface area contributed by atoms with Gasteiger partial charge in [-0.15, -0.1) is 0 Å². The molecule has 0 aliphatic heterocycles. The highest BCUT2D eigenvalue weighted by atomic mass is 19.2. The van der Waals surface area contributed by atoms with Gasteiger partial charge in [-0.05, 0) is 11.6 Å². The summed E-state index contributed by atoms with van der Waals surface area (Å²) in [4.78, 5) is 10.1. The van der Waals surface area contributed by atoms with Crippen LogP contribution in [0.15, 0.2) is 18.2 Å². The van der Waals surface area contributed by atoms with Crippen LogP contribution in [0.1, 0.15) is 5.56 Å². The number of benzene rings is 1. The molecular weight excluding hydrogens is 197 g/mol. The average molecular weight is 204 g/mol. The third-order valence-electron chi connectivity index (χ3n) is 1.70. The van der Waals surface area contributed by atoms with Crippen LogP contribution in [0.3, 0.4) is 0 Å². The Hall–Kier alpha value is -1.52. The van der Waals surface area contributed by atoms with Gasteiger partial charge in [0.25, 0.3) is 0 Å². The highest BCUT2D eigenvalue weighted by Crippen LogP contribution is 2.14. The Morgan fingerprint density at radius 2 is 2.07 bits per heavy atom. The number of carboxylic acids is 1. The van der Waals surface area contributed by atoms with Crippen molar-refractivity contribution in [3.05, 3.63) is 35.4 Å². The van der Waals surface area contributed by atoms with E-state index < -0.39 is 30.2 Å². The molecule has 0 spiro atoms. The number of carbonyl (C=O) groups is 1. The molecule has 2 nitrogen and oxygen atoms in total. The molecule has 0 aliphatic rings. The molecule has 0 radical (unpaired) electrons. The standard InChI is InChI=1S/C9H7F3O2/c10-6-3-1-2-5(8(6)12)4-7(11)9(13)14/h1-3,7H,4H2,(H,13,14). The van der Waals surface area contributed by atoms with Crippen LogP contribution in [0, 0.1) is 11.6 Å². The van der Waals surface area contributed by atoms with E-state index >= 15 is 0 Å². The van der Waals surface area contributed by atoms with Crippen molar-refractivity contribution in [2.75, 3.05) is 0 Å². The Labute approximate surface area is 78.0 Å². The molecule has 76 valence electrons. The van der Waals surface area contributed by atoms with Crippen LogP contribution in [-0.4, -0.2) is 17.2 Å². The summed E-state index contributed by atoms with van der Waals surface area (Å²) in [6.45, 7) is 0. The fourth-order valence-electron chi connectivity index (χ4n) is 0.986. The lowest BCUT2D eigenvalue weighted by atomic mass is 10.1. The largest absolute Gasteiger partial charge is 0.479 e. The van der Waals surface area contributed by atoms with Crippen molar-refractivity contribution in [2.45, 2.75) is 12.6 Å². The van der Waals surface area contributed by atoms with Crippen LogP contribution in [-0.2, 0) is 11.2 Å². The summed E-state index contributed by atoms with van der Waals surface area (Å²) in [6, 6.07) is 3.23. The molecule has 0 saturated heterocycles. The fraction of sp³-hybridized carbons (Fsp3) is 0.222. The summed E-state index contributed by atoms with van der Waals surface area (Å²) in [5.74, 6) is -4.00. The lowest BCUT2D eigenvalue weighted by molar-refractivity contribution is -0.142. The Kier molecular flexibility index (Phi) is 3.11. The average Bonchev–Trinajstić information content (AvgIpc) is 2.12. The highest BCUT2D eigenvalue weighted by molar-refractivity contribution is 5.72. The van der Waals surface area contributed by atoms with Gasteiger partial charge in [0, 0.05) is 6.42 Å². The van der Waals surface area contributed by atoms with Crippen molar-refractivity contribution >= 4 is 5.97 Å². The van der Waals surface area contributed by atoms with Crippen molar-refractivity contribution < 1.29 is 23.1 Å². The van der Waals surface area contributed by atoms with Gasteiger partial charge in [0.2, 0.25) is 6.17 Å². The zero-order valence-corrected chi connectivity index (χ0v) is 7.01. The predicted molar refractivity (Wildman–Crippen MR) is 42.6 cm³/mol. The second-order valence-corrected chi connectivity index (χ2v) is 2.72. The number of hydrogen-bond acceptors (Lipinski definition) is 1. The van der Waals surface area contributed by atoms with Crippen molar-refractivity contribution in [3.8, 4) is 0 Å². The molecule has 1 unspecified atom stereocenters. The molecule has 0 fully saturated rings. The van der Waals surface area contributed by atoms with Crippen LogP contribution < -0.4 is 0 Å². The molecule has 0 aliphatic carbocycles. The molecule has 5 heteroatoms. The summed E-state index contributed by atoms with van der Waals surface area (Å²) in [5, 5.41) is 8.21. The molecule has 0 amide bonds. The maximum absolute atomic E-state index is 12.9. The summed E-state index contributed by atoms with van der Waals surface area (Å²) >= 11 is 0. The molecule has 14 heavy (non-hydrogen) atoms. The summed E-state index contributed by atoms with van der Waals surface area (Å²) < 4.78 is 38.1. The first-order valence-electron chi connectivity index (χ1n) is 3.82. The molecule has 1 N–H and O–H groups in total. The van der Waals surface area contributed by atoms with E-state index in [1.165, 1.54) is 6.07 Å². The zero-order chi connectivity index (χ0) is 10.7. The number of aliphatic carboxylic acids is 1. The lowest BCUT2D eigenvalue weighted by Crippen LogP contribution is -2.18. The topological polar surface area (TPSA) is 37.3 Å². The summed E-state index contributed by atoms with van der Waals surface area (Å²) in [5.41, 5.74) is -0.278. The first-order valence-corrected chi connectivity index (χ1v) is 3.82. The van der Waals surface area contributed by atoms with Gasteiger partial charge in [-0.2, -0.15) is 0 Å². The smallest absolute Gasteiger partial charge is 0.338 e. The normalized spacial score (nSPS) is 12.5. The minimum absolute atomic E-state index is 0.278. The quantitative estimate of drug-likeness (QED) is 0.816. The van der Waals surface area contributed by atoms with Gasteiger partial charge >= 0.3 is 5.97 Å². The first kappa shape index (κ1) is 10.6. The van der Waals surface area contributed by atoms with Crippen molar-refractivity contribution in [1.29, 1.82) is 0 Å². The maximum Gasteiger partial charge on any atom is 0.338 e. The number of carboxylic acid groups (broad SMARTS) is 1. The van der Waals surface area contributed by atoms with E-state index in [9.17, 15) is 18.0 Å². The number of rotatable bonds is 3. The Balaban J connectivity index is 2.87. The number of hydrogen-bond donors (Lipinski definition) is 1. The van der Waals surface area contributed by atoms with E-state index in [0.717, 1.165) is 12.1 Å². The van der Waals surface area contributed by atoms with E-state index in [1.807, 2.05) is 0 Å². The molecule has 1 aromatic rings. The third kappa shape index (κ3) is 2.25. The monoisotopic (exact) mass is 204 g/mol. The second kappa shape index (κ2) is 4.13. The number of alkyl halides is 1. The third-order valence-corrected chi connectivity index (χ3v) is 1.70. The Bertz CT molecular complexity index is 352. The van der Waals surface area contributed by atoms with E-state index in [-0.39, 0.29) is 5.56 Å². The van der Waals surface area contributed by atoms with Gasteiger partial charge in [0.05, 0.1) is 0 Å². The van der Waals surface area contributed by atoms with Gasteiger partial charge in [-0.3, -0.25) is 0 Å². The van der Waals surface area contributed by atoms with E-state index in [2.05, 4.69) is 0 Å². The Morgan fingerprint density at radius 3 is 2.64 bits per heavy atom. The van der Waals surface area contributed by atoms with Crippen molar-refractivity contribution in [2.24, 2.45) is 0 Å². The molecule has 0 aromatic heterocycles. The van der Waals surface area contributed by atoms with Gasteiger partial charge in [0.1, 0.15) is 0 Å². The van der Waals surface area contributed by atoms with Gasteiger partial charge < -0.3 is 5.11 Å². The first-order chi connectivity index (χ1) is 6.52. The van der Waals surface area contributed by atoms with E-state index in [0.29, 0.717) is 0 Å². The molecular formula is C9H7F3O2. The summed E-state index contributed by atoms with van der Waals surface area (Å²) in [6.07, 6.45) is -2.88. The van der Waals surface area contributed by atoms with Gasteiger partial charge in [0.15, 0.2) is 11.6 Å². The van der Waals surface area contributed by atoms with Crippen LogP contribution in [0.5, 0.6) is 0 Å². The van der Waals surface area contributed by atoms with Crippen LogP contribution in [0.2, 0.25) is 0 Å². The molecule has 0 saturated carbocycles. The van der Waals surface area contributed by atoms with E-state index in [1.54, 1.807) is 0 Å². The van der Waals surface area contributed by atoms with Gasteiger partial charge in [-0.25, -0.2) is 18.0 Å². The fourth-order valence-corrected chi connectivity index (χ4v) is 0.986. The van der Waals surface area contributed by atoms with Crippen LogP contribution in [0.4, 0.5) is 13.2 Å². The minimum Gasteiger partial charge on any atom is -0.479 e. The van der Waals surface area contributed by atoms with Crippen molar-refractivity contribution in [1.82, 2.24) is 0 Å². The molecule has 1 aromatic carbocycles. The summed E-state index contributed by atoms with van der Waals surface area (Å²) in [7, 11) is 0. The molecule has 0 bridgehead atoms. The van der Waals surface area contributed by atoms with Crippen LogP contribution in [0.25, 0.3) is 0 Å². The van der Waals surface area contributed by atoms with Crippen molar-refractivity contribution in [3.63, 3.8) is 0 Å². The SMILES string of the molecule is O=C(O)C(F)Cc1cccc(F)c1F. The highest BCUT2D eigenvalue weighted by Gasteiger charge is 2.19. The van der Waals surface area contributed by atoms with Gasteiger partial charge in [-0.1, -0.05) is 12.1 Å². The zero-order valence-electron chi connectivity index (χ0n) is 7.01. The second-order valence-electron chi connectivity index (χ2n) is 2.72. The lowest BCUT2D eigenvalue weighted by Gasteiger charge is -2.04. The molecule has 1 atom stereocenters. The minimum atomic E-state index is -2.22. The number of halogens is 3. The molecule has 1 rings (SSSR count). The Morgan fingerprint density at radius 1 is 1.43 bits per heavy atom. The van der Waals surface area contributed by atoms with E-state index in [4.69, 9.17) is 5.11 Å².